The summed E-state index contributed by atoms with van der Waals surface area (Å²) in [5.74, 6) is -0.302. The fourth-order valence-electron chi connectivity index (χ4n) is 0.977. The number of ether oxygens (including phenoxy) is 1. The molecular formula is C11H10O3. The van der Waals surface area contributed by atoms with Crippen molar-refractivity contribution in [2.75, 3.05) is 0 Å². The molecular weight excluding hydrogens is 180 g/mol. The van der Waals surface area contributed by atoms with Crippen LogP contribution in [0.15, 0.2) is 30.9 Å². The van der Waals surface area contributed by atoms with Gasteiger partial charge in [-0.05, 0) is 24.6 Å². The minimum atomic E-state index is -0.571. The van der Waals surface area contributed by atoms with Gasteiger partial charge in [-0.25, -0.2) is 4.79 Å². The highest BCUT2D eigenvalue weighted by Crippen LogP contribution is 2.18. The molecule has 0 fully saturated rings. The second-order valence-electron chi connectivity index (χ2n) is 2.78. The van der Waals surface area contributed by atoms with Gasteiger partial charge in [0.15, 0.2) is 6.29 Å². The fourth-order valence-corrected chi connectivity index (χ4v) is 0.977. The third-order valence-electron chi connectivity index (χ3n) is 1.67. The summed E-state index contributed by atoms with van der Waals surface area (Å²) in [7, 11) is 0. The molecule has 0 aliphatic carbocycles. The fraction of sp³-hybridized carbons (Fsp3) is 0.0909. The van der Waals surface area contributed by atoms with Gasteiger partial charge in [-0.1, -0.05) is 12.6 Å². The maximum Gasteiger partial charge on any atom is 0.335 e. The molecule has 0 unspecified atom stereocenters. The van der Waals surface area contributed by atoms with Crippen molar-refractivity contribution in [3.8, 4) is 5.75 Å². The Balaban J connectivity index is 3.04. The van der Waals surface area contributed by atoms with Gasteiger partial charge in [-0.2, -0.15) is 0 Å². The third kappa shape index (κ3) is 2.29. The van der Waals surface area contributed by atoms with Crippen molar-refractivity contribution in [1.29, 1.82) is 0 Å². The Labute approximate surface area is 82.0 Å². The van der Waals surface area contributed by atoms with Gasteiger partial charge in [0, 0.05) is 6.08 Å². The van der Waals surface area contributed by atoms with Gasteiger partial charge in [0.2, 0.25) is 0 Å². The number of benzene rings is 1. The predicted molar refractivity (Wildman–Crippen MR) is 52.4 cm³/mol. The van der Waals surface area contributed by atoms with Crippen molar-refractivity contribution >= 4 is 12.3 Å². The quantitative estimate of drug-likeness (QED) is 0.316. The van der Waals surface area contributed by atoms with Crippen molar-refractivity contribution in [2.45, 2.75) is 6.92 Å². The molecule has 0 saturated carbocycles. The first kappa shape index (κ1) is 10.2. The van der Waals surface area contributed by atoms with Crippen LogP contribution in [0.25, 0.3) is 0 Å². The van der Waals surface area contributed by atoms with E-state index in [2.05, 4.69) is 6.58 Å². The summed E-state index contributed by atoms with van der Waals surface area (Å²) in [6, 6.07) is 5.01. The van der Waals surface area contributed by atoms with E-state index in [0.717, 1.165) is 11.6 Å². The number of hydrogen-bond acceptors (Lipinski definition) is 3. The highest BCUT2D eigenvalue weighted by Gasteiger charge is 2.05. The summed E-state index contributed by atoms with van der Waals surface area (Å²) in [6.07, 6.45) is 1.70. The monoisotopic (exact) mass is 190 g/mol. The van der Waals surface area contributed by atoms with E-state index < -0.39 is 5.97 Å². The molecule has 0 amide bonds. The van der Waals surface area contributed by atoms with Crippen molar-refractivity contribution in [1.82, 2.24) is 0 Å². The lowest BCUT2D eigenvalue weighted by atomic mass is 10.1. The molecule has 0 N–H and O–H groups in total. The van der Waals surface area contributed by atoms with Crippen LogP contribution in [0, 0.1) is 6.92 Å². The molecule has 1 aromatic rings. The molecule has 0 saturated heterocycles. The highest BCUT2D eigenvalue weighted by molar-refractivity contribution is 5.86. The van der Waals surface area contributed by atoms with Gasteiger partial charge in [0.25, 0.3) is 0 Å². The lowest BCUT2D eigenvalue weighted by molar-refractivity contribution is -0.128. The summed E-state index contributed by atoms with van der Waals surface area (Å²) in [6.45, 7) is 5.12. The van der Waals surface area contributed by atoms with Gasteiger partial charge in [-0.3, -0.25) is 4.79 Å². The van der Waals surface area contributed by atoms with Crippen LogP contribution in [0.3, 0.4) is 0 Å². The SMILES string of the molecule is C=CC(=O)Oc1cc(C)ccc1C=O. The summed E-state index contributed by atoms with van der Waals surface area (Å²) >= 11 is 0. The lowest BCUT2D eigenvalue weighted by Gasteiger charge is -2.04. The van der Waals surface area contributed by atoms with E-state index in [-0.39, 0.29) is 5.75 Å². The minimum Gasteiger partial charge on any atom is -0.423 e. The number of esters is 1. The van der Waals surface area contributed by atoms with Gasteiger partial charge < -0.3 is 4.74 Å². The van der Waals surface area contributed by atoms with E-state index >= 15 is 0 Å². The maximum absolute atomic E-state index is 10.9. The first-order valence-electron chi connectivity index (χ1n) is 4.07. The zero-order valence-electron chi connectivity index (χ0n) is 7.82. The van der Waals surface area contributed by atoms with Crippen molar-refractivity contribution in [2.24, 2.45) is 0 Å². The maximum atomic E-state index is 10.9. The molecule has 1 rings (SSSR count). The van der Waals surface area contributed by atoms with E-state index in [1.165, 1.54) is 0 Å². The minimum absolute atomic E-state index is 0.268. The second-order valence-corrected chi connectivity index (χ2v) is 2.78. The molecule has 0 radical (unpaired) electrons. The van der Waals surface area contributed by atoms with Crippen LogP contribution in [0.2, 0.25) is 0 Å². The van der Waals surface area contributed by atoms with E-state index in [1.54, 1.807) is 18.2 Å². The van der Waals surface area contributed by atoms with Crippen LogP contribution in [0.1, 0.15) is 15.9 Å². The molecule has 0 spiro atoms. The molecule has 14 heavy (non-hydrogen) atoms. The summed E-state index contributed by atoms with van der Waals surface area (Å²) in [4.78, 5) is 21.5. The van der Waals surface area contributed by atoms with Crippen LogP contribution in [0.4, 0.5) is 0 Å². The Morgan fingerprint density at radius 1 is 1.50 bits per heavy atom. The van der Waals surface area contributed by atoms with Crippen LogP contribution in [0.5, 0.6) is 5.75 Å². The predicted octanol–water partition coefficient (Wildman–Crippen LogP) is 1.90. The van der Waals surface area contributed by atoms with Gasteiger partial charge >= 0.3 is 5.97 Å². The Morgan fingerprint density at radius 2 is 2.21 bits per heavy atom. The zero-order chi connectivity index (χ0) is 10.6. The van der Waals surface area contributed by atoms with Crippen molar-refractivity contribution in [3.05, 3.63) is 42.0 Å². The van der Waals surface area contributed by atoms with Gasteiger partial charge in [-0.15, -0.1) is 0 Å². The smallest absolute Gasteiger partial charge is 0.335 e. The number of carbonyl (C=O) groups excluding carboxylic acids is 2. The van der Waals surface area contributed by atoms with E-state index in [0.29, 0.717) is 11.8 Å². The standard InChI is InChI=1S/C11H10O3/c1-3-11(13)14-10-6-8(2)4-5-9(10)7-12/h3-7H,1H2,2H3. The normalized spacial score (nSPS) is 9.21. The molecule has 3 nitrogen and oxygen atoms in total. The molecule has 0 aliphatic rings. The summed E-state index contributed by atoms with van der Waals surface area (Å²) < 4.78 is 4.88. The first-order valence-corrected chi connectivity index (χ1v) is 4.07. The Bertz CT molecular complexity index is 380. The van der Waals surface area contributed by atoms with Crippen molar-refractivity contribution < 1.29 is 14.3 Å². The van der Waals surface area contributed by atoms with Crippen LogP contribution in [-0.2, 0) is 4.79 Å². The van der Waals surface area contributed by atoms with E-state index in [9.17, 15) is 9.59 Å². The summed E-state index contributed by atoms with van der Waals surface area (Å²) in [5, 5.41) is 0. The second kappa shape index (κ2) is 4.37. The molecule has 0 aromatic heterocycles. The zero-order valence-corrected chi connectivity index (χ0v) is 7.82. The Kier molecular flexibility index (Phi) is 3.18. The van der Waals surface area contributed by atoms with Gasteiger partial charge in [0.1, 0.15) is 5.75 Å². The number of aryl methyl sites for hydroxylation is 1. The van der Waals surface area contributed by atoms with Crippen LogP contribution < -0.4 is 4.74 Å². The Hall–Kier alpha value is -1.90. The average Bonchev–Trinajstić information content (AvgIpc) is 2.18. The molecule has 0 aliphatic heterocycles. The average molecular weight is 190 g/mol. The molecule has 0 atom stereocenters. The highest BCUT2D eigenvalue weighted by atomic mass is 16.5. The van der Waals surface area contributed by atoms with E-state index in [4.69, 9.17) is 4.74 Å². The number of rotatable bonds is 3. The largest absolute Gasteiger partial charge is 0.423 e. The van der Waals surface area contributed by atoms with Gasteiger partial charge in [0.05, 0.1) is 5.56 Å². The topological polar surface area (TPSA) is 43.4 Å². The molecule has 0 bridgehead atoms. The van der Waals surface area contributed by atoms with E-state index in [1.807, 2.05) is 6.92 Å². The first-order chi connectivity index (χ1) is 6.67. The molecule has 72 valence electrons. The molecule has 3 heteroatoms. The van der Waals surface area contributed by atoms with Crippen LogP contribution >= 0.6 is 0 Å². The number of carbonyl (C=O) groups is 2. The number of hydrogen-bond donors (Lipinski definition) is 0. The van der Waals surface area contributed by atoms with Crippen LogP contribution in [-0.4, -0.2) is 12.3 Å². The Morgan fingerprint density at radius 3 is 2.79 bits per heavy atom. The molecule has 1 aromatic carbocycles. The van der Waals surface area contributed by atoms with Crippen molar-refractivity contribution in [3.63, 3.8) is 0 Å². The lowest BCUT2D eigenvalue weighted by Crippen LogP contribution is -2.05. The summed E-state index contributed by atoms with van der Waals surface area (Å²) in [5.41, 5.74) is 1.27. The molecule has 0 heterocycles. The third-order valence-corrected chi connectivity index (χ3v) is 1.67. The number of aldehydes is 1.